The van der Waals surface area contributed by atoms with E-state index in [-0.39, 0.29) is 15.6 Å². The van der Waals surface area contributed by atoms with Crippen molar-refractivity contribution in [3.05, 3.63) is 0 Å². The van der Waals surface area contributed by atoms with Crippen molar-refractivity contribution < 1.29 is 22.9 Å². The highest BCUT2D eigenvalue weighted by atomic mass is 32.2. The maximum absolute atomic E-state index is 11.9. The van der Waals surface area contributed by atoms with Gasteiger partial charge < -0.3 is 13.3 Å². The number of hydrogen-bond donors (Lipinski definition) is 0. The van der Waals surface area contributed by atoms with Crippen molar-refractivity contribution in [2.45, 2.75) is 98.5 Å². The van der Waals surface area contributed by atoms with Crippen LogP contribution in [0.1, 0.15) is 92.4 Å². The van der Waals surface area contributed by atoms with Crippen LogP contribution in [-0.4, -0.2) is 50.4 Å². The fourth-order valence-corrected chi connectivity index (χ4v) is 9.49. The SMILES string of the molecule is CCO[Si](CCC1CCCCC1(CCSC(=O)CC)CCSC(=O)CC)(OCC)OCC. The van der Waals surface area contributed by atoms with Crippen molar-refractivity contribution in [1.82, 2.24) is 0 Å². The second-order valence-electron chi connectivity index (χ2n) is 8.47. The van der Waals surface area contributed by atoms with Crippen LogP contribution >= 0.6 is 23.5 Å². The van der Waals surface area contributed by atoms with Gasteiger partial charge in [-0.3, -0.25) is 9.59 Å². The molecule has 188 valence electrons. The molecule has 1 fully saturated rings. The molecule has 0 bridgehead atoms. The van der Waals surface area contributed by atoms with Gasteiger partial charge >= 0.3 is 8.80 Å². The molecule has 1 unspecified atom stereocenters. The molecular weight excluding hydrogens is 460 g/mol. The summed E-state index contributed by atoms with van der Waals surface area (Å²) in [5.74, 6) is 2.31. The standard InChI is InChI=1S/C24H46O5S2Si/c1-6-22(25)30-18-16-24(17-19-31-23(26)7-2)15-12-11-13-21(24)14-20-32(27-8-3,28-9-4)29-10-5/h21H,6-20H2,1-5H3. The van der Waals surface area contributed by atoms with Gasteiger partial charge in [-0.05, 0) is 64.2 Å². The van der Waals surface area contributed by atoms with Crippen LogP contribution in [0, 0.1) is 11.3 Å². The minimum absolute atomic E-state index is 0.186. The molecule has 0 spiro atoms. The Hall–Kier alpha value is 0.137. The number of carbonyl (C=O) groups excluding carboxylic acids is 2. The van der Waals surface area contributed by atoms with Gasteiger partial charge in [0.05, 0.1) is 0 Å². The normalized spacial score (nSPS) is 18.6. The summed E-state index contributed by atoms with van der Waals surface area (Å²) >= 11 is 2.97. The van der Waals surface area contributed by atoms with E-state index < -0.39 is 8.80 Å². The average Bonchev–Trinajstić information content (AvgIpc) is 2.78. The van der Waals surface area contributed by atoms with Gasteiger partial charge in [0.25, 0.3) is 0 Å². The molecule has 8 heteroatoms. The van der Waals surface area contributed by atoms with Gasteiger partial charge in [0, 0.05) is 50.2 Å². The highest BCUT2D eigenvalue weighted by Gasteiger charge is 2.45. The van der Waals surface area contributed by atoms with E-state index in [0.717, 1.165) is 36.8 Å². The molecule has 0 aromatic heterocycles. The lowest BCUT2D eigenvalue weighted by atomic mass is 9.62. The molecule has 0 radical (unpaired) electrons. The van der Waals surface area contributed by atoms with Crippen LogP contribution in [0.15, 0.2) is 0 Å². The Morgan fingerprint density at radius 2 is 1.34 bits per heavy atom. The third kappa shape index (κ3) is 10.2. The lowest BCUT2D eigenvalue weighted by Gasteiger charge is -2.46. The summed E-state index contributed by atoms with van der Waals surface area (Å²) in [5, 5.41) is 0.553. The summed E-state index contributed by atoms with van der Waals surface area (Å²) in [6.07, 6.45) is 9.18. The monoisotopic (exact) mass is 506 g/mol. The molecule has 1 aliphatic rings. The smallest absolute Gasteiger partial charge is 0.374 e. The summed E-state index contributed by atoms with van der Waals surface area (Å²) < 4.78 is 18.4. The minimum Gasteiger partial charge on any atom is -0.374 e. The van der Waals surface area contributed by atoms with Crippen molar-refractivity contribution in [3.8, 4) is 0 Å². The van der Waals surface area contributed by atoms with Gasteiger partial charge in [-0.1, -0.05) is 50.2 Å². The summed E-state index contributed by atoms with van der Waals surface area (Å²) in [6.45, 7) is 11.7. The van der Waals surface area contributed by atoms with E-state index in [4.69, 9.17) is 13.3 Å². The van der Waals surface area contributed by atoms with E-state index in [1.165, 1.54) is 49.2 Å². The first-order valence-corrected chi connectivity index (χ1v) is 16.5. The minimum atomic E-state index is -2.67. The summed E-state index contributed by atoms with van der Waals surface area (Å²) in [5.41, 5.74) is 0.186. The maximum atomic E-state index is 11.9. The molecule has 0 N–H and O–H groups in total. The van der Waals surface area contributed by atoms with Gasteiger partial charge in [-0.15, -0.1) is 0 Å². The predicted molar refractivity (Wildman–Crippen MR) is 139 cm³/mol. The zero-order chi connectivity index (χ0) is 23.9. The van der Waals surface area contributed by atoms with Crippen molar-refractivity contribution in [2.24, 2.45) is 11.3 Å². The van der Waals surface area contributed by atoms with Crippen LogP contribution in [0.4, 0.5) is 0 Å². The Morgan fingerprint density at radius 3 is 1.78 bits per heavy atom. The van der Waals surface area contributed by atoms with Crippen molar-refractivity contribution in [2.75, 3.05) is 31.3 Å². The molecule has 32 heavy (non-hydrogen) atoms. The first-order valence-electron chi connectivity index (χ1n) is 12.6. The quantitative estimate of drug-likeness (QED) is 0.203. The Labute approximate surface area is 206 Å². The van der Waals surface area contributed by atoms with Crippen LogP contribution in [-0.2, 0) is 22.9 Å². The molecule has 0 amide bonds. The molecule has 1 rings (SSSR count). The summed E-state index contributed by atoms with van der Waals surface area (Å²) in [6, 6.07) is 0.844. The molecule has 1 saturated carbocycles. The van der Waals surface area contributed by atoms with E-state index >= 15 is 0 Å². The molecule has 0 aromatic rings. The number of rotatable bonds is 17. The molecule has 0 aliphatic heterocycles. The van der Waals surface area contributed by atoms with Gasteiger partial charge in [0.2, 0.25) is 0 Å². The Balaban J connectivity index is 2.98. The second-order valence-corrected chi connectivity index (χ2v) is 13.5. The summed E-state index contributed by atoms with van der Waals surface area (Å²) in [4.78, 5) is 23.8. The van der Waals surface area contributed by atoms with E-state index in [1.54, 1.807) is 0 Å². The van der Waals surface area contributed by atoms with E-state index in [9.17, 15) is 9.59 Å². The maximum Gasteiger partial charge on any atom is 0.500 e. The van der Waals surface area contributed by atoms with Crippen molar-refractivity contribution >= 4 is 42.6 Å². The van der Waals surface area contributed by atoms with Gasteiger partial charge in [0.15, 0.2) is 10.2 Å². The third-order valence-electron chi connectivity index (χ3n) is 6.54. The first-order chi connectivity index (χ1) is 15.4. The number of carbonyl (C=O) groups is 2. The average molecular weight is 507 g/mol. The first kappa shape index (κ1) is 30.2. The number of thioether (sulfide) groups is 2. The lowest BCUT2D eigenvalue weighted by molar-refractivity contribution is -0.111. The van der Waals surface area contributed by atoms with Crippen LogP contribution < -0.4 is 0 Å². The molecule has 0 aromatic carbocycles. The third-order valence-corrected chi connectivity index (χ3v) is 11.7. The summed E-state index contributed by atoms with van der Waals surface area (Å²) in [7, 11) is -2.67. The molecule has 1 aliphatic carbocycles. The van der Waals surface area contributed by atoms with Gasteiger partial charge in [-0.2, -0.15) is 0 Å². The molecule has 5 nitrogen and oxygen atoms in total. The second kappa shape index (κ2) is 16.7. The fourth-order valence-electron chi connectivity index (χ4n) is 4.90. The predicted octanol–water partition coefficient (Wildman–Crippen LogP) is 6.72. The highest BCUT2D eigenvalue weighted by molar-refractivity contribution is 8.13. The van der Waals surface area contributed by atoms with E-state index in [2.05, 4.69) is 0 Å². The van der Waals surface area contributed by atoms with Crippen molar-refractivity contribution in [3.63, 3.8) is 0 Å². The van der Waals surface area contributed by atoms with Gasteiger partial charge in [-0.25, -0.2) is 0 Å². The lowest BCUT2D eigenvalue weighted by Crippen LogP contribution is -2.47. The fraction of sp³-hybridized carbons (Fsp3) is 0.917. The highest BCUT2D eigenvalue weighted by Crippen LogP contribution is 2.50. The topological polar surface area (TPSA) is 61.8 Å². The van der Waals surface area contributed by atoms with Crippen molar-refractivity contribution in [1.29, 1.82) is 0 Å². The largest absolute Gasteiger partial charge is 0.500 e. The molecular formula is C24H46O5S2Si. The van der Waals surface area contributed by atoms with Crippen LogP contribution in [0.5, 0.6) is 0 Å². The molecule has 0 saturated heterocycles. The number of hydrogen-bond acceptors (Lipinski definition) is 7. The van der Waals surface area contributed by atoms with Crippen LogP contribution in [0.25, 0.3) is 0 Å². The van der Waals surface area contributed by atoms with Crippen LogP contribution in [0.2, 0.25) is 6.04 Å². The van der Waals surface area contributed by atoms with E-state index in [0.29, 0.717) is 38.6 Å². The van der Waals surface area contributed by atoms with E-state index in [1.807, 2.05) is 34.6 Å². The zero-order valence-electron chi connectivity index (χ0n) is 21.0. The Morgan fingerprint density at radius 1 is 0.844 bits per heavy atom. The zero-order valence-corrected chi connectivity index (χ0v) is 23.7. The molecule has 1 atom stereocenters. The van der Waals surface area contributed by atoms with Crippen LogP contribution in [0.3, 0.4) is 0 Å². The Kier molecular flexibility index (Phi) is 15.8. The Bertz CT molecular complexity index is 507. The molecule has 0 heterocycles. The van der Waals surface area contributed by atoms with Gasteiger partial charge in [0.1, 0.15) is 0 Å².